The molecule has 3 nitrogen and oxygen atoms in total. The van der Waals surface area contributed by atoms with Crippen LogP contribution in [0.5, 0.6) is 0 Å². The Morgan fingerprint density at radius 2 is 1.50 bits per heavy atom. The molecule has 6 aromatic rings. The molecule has 6 rings (SSSR count). The number of fused-ring (bicyclic) bond motifs is 6. The Balaban J connectivity index is 1.78. The quantitative estimate of drug-likeness (QED) is 0.313. The summed E-state index contributed by atoms with van der Waals surface area (Å²) < 4.78 is 4.48. The lowest BCUT2D eigenvalue weighted by molar-refractivity contribution is 1.01. The first kappa shape index (κ1) is 16.9. The molecule has 0 aliphatic carbocycles. The van der Waals surface area contributed by atoms with Crippen LogP contribution >= 0.6 is 0 Å². The van der Waals surface area contributed by atoms with E-state index in [1.165, 1.54) is 32.8 Å². The van der Waals surface area contributed by atoms with E-state index in [2.05, 4.69) is 95.9 Å². The van der Waals surface area contributed by atoms with Gasteiger partial charge >= 0.3 is 0 Å². The number of hydrogen-bond donors (Lipinski definition) is 0. The topological polar surface area (TPSA) is 33.6 Å². The van der Waals surface area contributed by atoms with Crippen LogP contribution in [0.4, 0.5) is 0 Å². The predicted octanol–water partition coefficient (Wildman–Crippen LogP) is 6.61. The maximum Gasteiger partial charge on any atom is 0.101 e. The Bertz CT molecular complexity index is 1670. The largest absolute Gasteiger partial charge is 0.344 e. The monoisotopic (exact) mass is 385 g/mol. The smallest absolute Gasteiger partial charge is 0.101 e. The molecule has 0 aliphatic heterocycles. The summed E-state index contributed by atoms with van der Waals surface area (Å²) in [5.74, 6) is 0. The van der Waals surface area contributed by atoms with Gasteiger partial charge in [-0.2, -0.15) is 5.26 Å². The van der Waals surface area contributed by atoms with Gasteiger partial charge in [0.25, 0.3) is 0 Å². The van der Waals surface area contributed by atoms with Crippen molar-refractivity contribution in [3.05, 3.63) is 90.0 Å². The minimum absolute atomic E-state index is 0.693. The number of nitrogens with zero attached hydrogens (tertiary/aromatic N) is 3. The highest BCUT2D eigenvalue weighted by atomic mass is 15.0. The van der Waals surface area contributed by atoms with Crippen LogP contribution in [0.15, 0.2) is 78.9 Å². The normalized spacial score (nSPS) is 11.6. The molecule has 142 valence electrons. The minimum Gasteiger partial charge on any atom is -0.344 e. The van der Waals surface area contributed by atoms with Crippen molar-refractivity contribution >= 4 is 43.6 Å². The van der Waals surface area contributed by atoms with Gasteiger partial charge in [0.2, 0.25) is 0 Å². The van der Waals surface area contributed by atoms with Crippen molar-refractivity contribution in [3.63, 3.8) is 0 Å². The van der Waals surface area contributed by atoms with Crippen LogP contribution in [-0.2, 0) is 7.05 Å². The highest BCUT2D eigenvalue weighted by Gasteiger charge is 2.17. The van der Waals surface area contributed by atoms with Gasteiger partial charge in [-0.05, 0) is 43.3 Å². The standard InChI is InChI=1S/C27H19N3/c1-17-10-13-25-23(14-17)22-8-5-6-18(16-28)27(22)30(25)19-11-12-21-20-7-3-4-9-24(20)29(2)26(21)15-19/h3-15H,1-2H3. The average Bonchev–Trinajstić information content (AvgIpc) is 3.26. The molecule has 0 fully saturated rings. The summed E-state index contributed by atoms with van der Waals surface area (Å²) in [6.07, 6.45) is 0. The van der Waals surface area contributed by atoms with E-state index in [0.717, 1.165) is 22.1 Å². The number of benzene rings is 4. The number of nitriles is 1. The zero-order valence-electron chi connectivity index (χ0n) is 16.8. The van der Waals surface area contributed by atoms with Gasteiger partial charge < -0.3 is 9.13 Å². The van der Waals surface area contributed by atoms with Crippen molar-refractivity contribution in [1.29, 1.82) is 5.26 Å². The molecule has 0 aliphatic rings. The first-order chi connectivity index (χ1) is 14.7. The zero-order chi connectivity index (χ0) is 20.4. The minimum atomic E-state index is 0.693. The van der Waals surface area contributed by atoms with Gasteiger partial charge in [0.1, 0.15) is 6.07 Å². The van der Waals surface area contributed by atoms with Gasteiger partial charge in [-0.25, -0.2) is 0 Å². The molecule has 0 spiro atoms. The molecule has 2 aromatic heterocycles. The van der Waals surface area contributed by atoms with E-state index in [0.29, 0.717) is 5.56 Å². The highest BCUT2D eigenvalue weighted by Crippen LogP contribution is 2.36. The van der Waals surface area contributed by atoms with Crippen molar-refractivity contribution < 1.29 is 0 Å². The molecular formula is C27H19N3. The lowest BCUT2D eigenvalue weighted by Gasteiger charge is -2.10. The van der Waals surface area contributed by atoms with Crippen molar-refractivity contribution in [2.45, 2.75) is 6.92 Å². The number of para-hydroxylation sites is 2. The van der Waals surface area contributed by atoms with Gasteiger partial charge in [-0.15, -0.1) is 0 Å². The fourth-order valence-electron chi connectivity index (χ4n) is 4.83. The summed E-state index contributed by atoms with van der Waals surface area (Å²) in [5.41, 5.74) is 7.48. The van der Waals surface area contributed by atoms with E-state index in [1.54, 1.807) is 0 Å². The van der Waals surface area contributed by atoms with Crippen molar-refractivity contribution in [2.24, 2.45) is 7.05 Å². The van der Waals surface area contributed by atoms with E-state index in [4.69, 9.17) is 0 Å². The summed E-state index contributed by atoms with van der Waals surface area (Å²) in [7, 11) is 2.12. The second kappa shape index (κ2) is 5.98. The van der Waals surface area contributed by atoms with Crippen LogP contribution in [0.3, 0.4) is 0 Å². The summed E-state index contributed by atoms with van der Waals surface area (Å²) >= 11 is 0. The molecule has 0 atom stereocenters. The van der Waals surface area contributed by atoms with Crippen molar-refractivity contribution in [3.8, 4) is 11.8 Å². The Morgan fingerprint density at radius 1 is 0.700 bits per heavy atom. The van der Waals surface area contributed by atoms with E-state index in [9.17, 15) is 5.26 Å². The lowest BCUT2D eigenvalue weighted by atomic mass is 10.1. The molecule has 0 amide bonds. The van der Waals surface area contributed by atoms with Gasteiger partial charge in [0, 0.05) is 39.8 Å². The highest BCUT2D eigenvalue weighted by molar-refractivity contribution is 6.12. The van der Waals surface area contributed by atoms with E-state index >= 15 is 0 Å². The molecule has 30 heavy (non-hydrogen) atoms. The number of aromatic nitrogens is 2. The summed E-state index contributed by atoms with van der Waals surface area (Å²) in [6.45, 7) is 2.11. The van der Waals surface area contributed by atoms with Gasteiger partial charge in [0.15, 0.2) is 0 Å². The molecule has 2 heterocycles. The fraction of sp³-hybridized carbons (Fsp3) is 0.0741. The molecule has 0 N–H and O–H groups in total. The zero-order valence-corrected chi connectivity index (χ0v) is 16.8. The van der Waals surface area contributed by atoms with Gasteiger partial charge in [-0.3, -0.25) is 0 Å². The lowest BCUT2D eigenvalue weighted by Crippen LogP contribution is -1.96. The summed E-state index contributed by atoms with van der Waals surface area (Å²) in [6, 6.07) is 30.0. The molecule has 0 bridgehead atoms. The second-order valence-corrected chi connectivity index (χ2v) is 7.95. The Hall–Kier alpha value is -4.03. The Labute approximate surface area is 174 Å². The van der Waals surface area contributed by atoms with Crippen LogP contribution in [-0.4, -0.2) is 9.13 Å². The first-order valence-electron chi connectivity index (χ1n) is 10.1. The third-order valence-corrected chi connectivity index (χ3v) is 6.22. The Morgan fingerprint density at radius 3 is 2.37 bits per heavy atom. The van der Waals surface area contributed by atoms with E-state index < -0.39 is 0 Å². The van der Waals surface area contributed by atoms with Crippen LogP contribution in [0, 0.1) is 18.3 Å². The summed E-state index contributed by atoms with van der Waals surface area (Å²) in [4.78, 5) is 0. The van der Waals surface area contributed by atoms with E-state index in [-0.39, 0.29) is 0 Å². The maximum absolute atomic E-state index is 9.83. The molecule has 0 saturated carbocycles. The maximum atomic E-state index is 9.83. The summed E-state index contributed by atoms with van der Waals surface area (Å²) in [5, 5.41) is 14.6. The van der Waals surface area contributed by atoms with Gasteiger partial charge in [-0.1, -0.05) is 48.0 Å². The SMILES string of the molecule is Cc1ccc2c(c1)c1cccc(C#N)c1n2-c1ccc2c3ccccc3n(C)c2c1. The second-order valence-electron chi connectivity index (χ2n) is 7.95. The third-order valence-electron chi connectivity index (χ3n) is 6.22. The first-order valence-corrected chi connectivity index (χ1v) is 10.1. The number of rotatable bonds is 1. The van der Waals surface area contributed by atoms with Crippen molar-refractivity contribution in [2.75, 3.05) is 0 Å². The van der Waals surface area contributed by atoms with Crippen LogP contribution in [0.25, 0.3) is 49.3 Å². The average molecular weight is 385 g/mol. The van der Waals surface area contributed by atoms with Crippen LogP contribution < -0.4 is 0 Å². The number of hydrogen-bond acceptors (Lipinski definition) is 1. The number of aryl methyl sites for hydroxylation is 2. The van der Waals surface area contributed by atoms with Gasteiger partial charge in [0.05, 0.1) is 22.1 Å². The molecule has 0 radical (unpaired) electrons. The molecule has 0 unspecified atom stereocenters. The van der Waals surface area contributed by atoms with Crippen LogP contribution in [0.1, 0.15) is 11.1 Å². The fourth-order valence-corrected chi connectivity index (χ4v) is 4.83. The third kappa shape index (κ3) is 2.13. The Kier molecular flexibility index (Phi) is 3.37. The van der Waals surface area contributed by atoms with Crippen molar-refractivity contribution in [1.82, 2.24) is 9.13 Å². The van der Waals surface area contributed by atoms with E-state index in [1.807, 2.05) is 12.1 Å². The molecule has 0 saturated heterocycles. The van der Waals surface area contributed by atoms with Crippen LogP contribution in [0.2, 0.25) is 0 Å². The molecule has 3 heteroatoms. The predicted molar refractivity (Wildman–Crippen MR) is 124 cm³/mol. The molecule has 4 aromatic carbocycles. The molecular weight excluding hydrogens is 366 g/mol.